The predicted molar refractivity (Wildman–Crippen MR) is 116 cm³/mol. The molecule has 0 saturated heterocycles. The average Bonchev–Trinajstić information content (AvgIpc) is 3.44. The summed E-state index contributed by atoms with van der Waals surface area (Å²) in [5.74, 6) is 2.37. The maximum atomic E-state index is 10.8. The van der Waals surface area contributed by atoms with E-state index in [1.54, 1.807) is 31.6 Å². The van der Waals surface area contributed by atoms with E-state index in [0.717, 1.165) is 29.1 Å². The van der Waals surface area contributed by atoms with Crippen LogP contribution in [0.5, 0.6) is 5.75 Å². The molecule has 0 radical (unpaired) electrons. The van der Waals surface area contributed by atoms with Crippen LogP contribution in [-0.4, -0.2) is 31.3 Å². The number of ether oxygens (including phenoxy) is 1. The molecule has 2 aromatic heterocycles. The van der Waals surface area contributed by atoms with E-state index in [4.69, 9.17) is 9.15 Å². The first-order valence-electron chi connectivity index (χ1n) is 9.49. The number of methoxy groups -OCH3 is 1. The van der Waals surface area contributed by atoms with Crippen LogP contribution in [0.1, 0.15) is 23.8 Å². The Kier molecular flexibility index (Phi) is 7.32. The number of aliphatic hydroxyl groups is 1. The van der Waals surface area contributed by atoms with Crippen LogP contribution in [-0.2, 0) is 18.6 Å². The molecule has 3 N–H and O–H groups in total. The van der Waals surface area contributed by atoms with Crippen LogP contribution in [0.3, 0.4) is 0 Å². The predicted octanol–water partition coefficient (Wildman–Crippen LogP) is 3.54. The van der Waals surface area contributed by atoms with Gasteiger partial charge in [-0.1, -0.05) is 12.1 Å². The van der Waals surface area contributed by atoms with E-state index in [2.05, 4.69) is 15.6 Å². The fraction of sp³-hybridized carbons (Fsp3) is 0.318. The molecule has 154 valence electrons. The van der Waals surface area contributed by atoms with Crippen molar-refractivity contribution in [2.24, 2.45) is 4.99 Å². The monoisotopic (exact) mass is 413 g/mol. The molecule has 3 aromatic rings. The molecule has 0 bridgehead atoms. The highest BCUT2D eigenvalue weighted by atomic mass is 32.1. The van der Waals surface area contributed by atoms with Gasteiger partial charge < -0.3 is 24.9 Å². The molecule has 0 amide bonds. The summed E-state index contributed by atoms with van der Waals surface area (Å²) in [7, 11) is 1.65. The second kappa shape index (κ2) is 10.1. The number of aliphatic imine (C=N–C) groups is 1. The number of rotatable bonds is 9. The van der Waals surface area contributed by atoms with E-state index < -0.39 is 5.60 Å². The lowest BCUT2D eigenvalue weighted by atomic mass is 9.99. The largest absolute Gasteiger partial charge is 0.497 e. The Morgan fingerprint density at radius 2 is 2.03 bits per heavy atom. The fourth-order valence-corrected chi connectivity index (χ4v) is 3.55. The number of benzene rings is 1. The van der Waals surface area contributed by atoms with E-state index in [9.17, 15) is 5.11 Å². The van der Waals surface area contributed by atoms with Crippen molar-refractivity contribution in [1.82, 2.24) is 10.6 Å². The van der Waals surface area contributed by atoms with Gasteiger partial charge in [0.1, 0.15) is 17.1 Å². The molecule has 1 atom stereocenters. The number of nitrogens with one attached hydrogen (secondary N) is 2. The van der Waals surface area contributed by atoms with Crippen LogP contribution in [0.4, 0.5) is 0 Å². The van der Waals surface area contributed by atoms with Crippen LogP contribution in [0.25, 0.3) is 0 Å². The number of nitrogens with zero attached hydrogens (tertiary/aromatic N) is 1. The third-order valence-corrected chi connectivity index (χ3v) is 5.25. The second-order valence-corrected chi connectivity index (χ2v) is 7.69. The van der Waals surface area contributed by atoms with Gasteiger partial charge in [0.2, 0.25) is 0 Å². The first-order valence-corrected chi connectivity index (χ1v) is 10.4. The first-order chi connectivity index (χ1) is 14.1. The van der Waals surface area contributed by atoms with Gasteiger partial charge in [0.05, 0.1) is 26.5 Å². The molecule has 0 aliphatic rings. The quantitative estimate of drug-likeness (QED) is 0.369. The summed E-state index contributed by atoms with van der Waals surface area (Å²) in [5.41, 5.74) is 0.978. The number of hydrogen-bond acceptors (Lipinski definition) is 5. The van der Waals surface area contributed by atoms with Gasteiger partial charge >= 0.3 is 0 Å². The zero-order chi connectivity index (χ0) is 20.5. The van der Waals surface area contributed by atoms with Gasteiger partial charge in [0.25, 0.3) is 0 Å². The number of thiophene rings is 1. The zero-order valence-electron chi connectivity index (χ0n) is 16.7. The summed E-state index contributed by atoms with van der Waals surface area (Å²) in [4.78, 5) is 4.67. The maximum Gasteiger partial charge on any atom is 0.191 e. The highest BCUT2D eigenvalue weighted by Gasteiger charge is 2.23. The van der Waals surface area contributed by atoms with Gasteiger partial charge in [0.15, 0.2) is 5.96 Å². The second-order valence-electron chi connectivity index (χ2n) is 6.91. The van der Waals surface area contributed by atoms with Gasteiger partial charge in [0, 0.05) is 13.0 Å². The summed E-state index contributed by atoms with van der Waals surface area (Å²) in [6.07, 6.45) is 2.42. The van der Waals surface area contributed by atoms with E-state index in [1.807, 2.05) is 53.2 Å². The normalized spacial score (nSPS) is 13.7. The Balaban J connectivity index is 1.62. The Morgan fingerprint density at radius 1 is 1.21 bits per heavy atom. The van der Waals surface area contributed by atoms with E-state index >= 15 is 0 Å². The summed E-state index contributed by atoms with van der Waals surface area (Å²) < 4.78 is 10.6. The molecule has 0 aliphatic carbocycles. The summed E-state index contributed by atoms with van der Waals surface area (Å²) in [5, 5.41) is 21.3. The average molecular weight is 414 g/mol. The summed E-state index contributed by atoms with van der Waals surface area (Å²) in [6.45, 7) is 3.33. The van der Waals surface area contributed by atoms with Crippen molar-refractivity contribution >= 4 is 17.3 Å². The number of guanidine groups is 1. The Morgan fingerprint density at radius 3 is 2.69 bits per heavy atom. The lowest BCUT2D eigenvalue weighted by Gasteiger charge is -2.24. The Labute approximate surface area is 175 Å². The SMILES string of the molecule is COc1ccc(CN=C(NCCc2ccco2)NCC(C)(O)c2ccsc2)cc1. The lowest BCUT2D eigenvalue weighted by Crippen LogP contribution is -2.45. The van der Waals surface area contributed by atoms with Gasteiger partial charge in [-0.3, -0.25) is 0 Å². The number of hydrogen-bond donors (Lipinski definition) is 3. The van der Waals surface area contributed by atoms with Gasteiger partial charge in [-0.25, -0.2) is 4.99 Å². The van der Waals surface area contributed by atoms with E-state index in [1.165, 1.54) is 0 Å². The molecule has 7 heteroatoms. The smallest absolute Gasteiger partial charge is 0.191 e. The molecule has 0 fully saturated rings. The van der Waals surface area contributed by atoms with Gasteiger partial charge in [-0.2, -0.15) is 11.3 Å². The molecule has 1 unspecified atom stereocenters. The topological polar surface area (TPSA) is 79.0 Å². The highest BCUT2D eigenvalue weighted by Crippen LogP contribution is 2.22. The molecule has 0 saturated carbocycles. The lowest BCUT2D eigenvalue weighted by molar-refractivity contribution is 0.0621. The molecular weight excluding hydrogens is 386 g/mol. The molecule has 29 heavy (non-hydrogen) atoms. The van der Waals surface area contributed by atoms with Crippen molar-refractivity contribution in [2.45, 2.75) is 25.5 Å². The van der Waals surface area contributed by atoms with Crippen molar-refractivity contribution in [2.75, 3.05) is 20.2 Å². The maximum absolute atomic E-state index is 10.8. The van der Waals surface area contributed by atoms with Crippen molar-refractivity contribution in [3.8, 4) is 5.75 Å². The van der Waals surface area contributed by atoms with Crippen LogP contribution in [0.2, 0.25) is 0 Å². The minimum atomic E-state index is -0.983. The third-order valence-electron chi connectivity index (χ3n) is 4.57. The van der Waals surface area contributed by atoms with Crippen molar-refractivity contribution < 1.29 is 14.3 Å². The zero-order valence-corrected chi connectivity index (χ0v) is 17.5. The van der Waals surface area contributed by atoms with Crippen molar-refractivity contribution in [3.63, 3.8) is 0 Å². The van der Waals surface area contributed by atoms with Gasteiger partial charge in [-0.15, -0.1) is 0 Å². The third kappa shape index (κ3) is 6.37. The minimum Gasteiger partial charge on any atom is -0.497 e. The molecular formula is C22H27N3O3S. The van der Waals surface area contributed by atoms with Crippen molar-refractivity contribution in [3.05, 3.63) is 76.4 Å². The van der Waals surface area contributed by atoms with Crippen LogP contribution in [0.15, 0.2) is 68.9 Å². The van der Waals surface area contributed by atoms with Crippen LogP contribution in [0, 0.1) is 0 Å². The molecule has 0 spiro atoms. The van der Waals surface area contributed by atoms with E-state index in [0.29, 0.717) is 25.6 Å². The standard InChI is InChI=1S/C22H27N3O3S/c1-22(26,18-10-13-29-15-18)16-25-21(23-11-9-20-4-3-12-28-20)24-14-17-5-7-19(27-2)8-6-17/h3-8,10,12-13,15,26H,9,11,14,16H2,1-2H3,(H2,23,24,25). The molecule has 3 rings (SSSR count). The first kappa shape index (κ1) is 21.0. The summed E-state index contributed by atoms with van der Waals surface area (Å²) >= 11 is 1.57. The minimum absolute atomic E-state index is 0.346. The van der Waals surface area contributed by atoms with Gasteiger partial charge in [-0.05, 0) is 59.1 Å². The highest BCUT2D eigenvalue weighted by molar-refractivity contribution is 7.08. The van der Waals surface area contributed by atoms with Crippen LogP contribution >= 0.6 is 11.3 Å². The molecule has 1 aromatic carbocycles. The molecule has 2 heterocycles. The summed E-state index contributed by atoms with van der Waals surface area (Å²) in [6, 6.07) is 13.6. The Bertz CT molecular complexity index is 873. The fourth-order valence-electron chi connectivity index (χ4n) is 2.76. The Hall–Kier alpha value is -2.77. The molecule has 6 nitrogen and oxygen atoms in total. The molecule has 0 aliphatic heterocycles. The van der Waals surface area contributed by atoms with Crippen LogP contribution < -0.4 is 15.4 Å². The number of furan rings is 1. The van der Waals surface area contributed by atoms with Crippen molar-refractivity contribution in [1.29, 1.82) is 0 Å². The van der Waals surface area contributed by atoms with E-state index in [-0.39, 0.29) is 0 Å².